The second kappa shape index (κ2) is 8.72. The molecule has 0 fully saturated rings. The first kappa shape index (κ1) is 17.6. The highest BCUT2D eigenvalue weighted by atomic mass is 35.5. The lowest BCUT2D eigenvalue weighted by molar-refractivity contribution is 0.209. The smallest absolute Gasteiger partial charge is 0.409 e. The zero-order valence-electron chi connectivity index (χ0n) is 14.0. The number of oxime groups is 1. The Bertz CT molecular complexity index is 972. The summed E-state index contributed by atoms with van der Waals surface area (Å²) in [4.78, 5) is 14.1. The summed E-state index contributed by atoms with van der Waals surface area (Å²) in [6.07, 6.45) is 0.0868. The van der Waals surface area contributed by atoms with E-state index in [2.05, 4.69) is 20.7 Å². The first-order chi connectivity index (χ1) is 12.9. The van der Waals surface area contributed by atoms with Crippen molar-refractivity contribution in [1.29, 1.82) is 0 Å². The molecule has 0 aliphatic carbocycles. The molecule has 0 bridgehead atoms. The molecule has 6 nitrogen and oxygen atoms in total. The minimum Gasteiger partial charge on any atom is -0.465 e. The lowest BCUT2D eigenvalue weighted by Crippen LogP contribution is -2.06. The van der Waals surface area contributed by atoms with Crippen LogP contribution < -0.4 is 5.32 Å². The summed E-state index contributed by atoms with van der Waals surface area (Å²) in [7, 11) is 0. The maximum absolute atomic E-state index is 13.0. The van der Waals surface area contributed by atoms with Crippen molar-refractivity contribution in [1.82, 2.24) is 4.98 Å². The van der Waals surface area contributed by atoms with Crippen LogP contribution in [0.1, 0.15) is 5.56 Å². The third-order valence-electron chi connectivity index (χ3n) is 3.04. The molecule has 1 aromatic heterocycles. The quantitative estimate of drug-likeness (QED) is 0.264. The van der Waals surface area contributed by atoms with Crippen molar-refractivity contribution >= 4 is 40.5 Å². The summed E-state index contributed by atoms with van der Waals surface area (Å²) in [6, 6.07) is 10.9. The lowest BCUT2D eigenvalue weighted by Gasteiger charge is -2.01. The van der Waals surface area contributed by atoms with Crippen LogP contribution in [0.25, 0.3) is 10.9 Å². The maximum Gasteiger partial charge on any atom is 0.409 e. The van der Waals surface area contributed by atoms with Gasteiger partial charge in [-0.05, 0) is 48.5 Å². The highest BCUT2D eigenvalue weighted by Gasteiger charge is 2.04. The molecule has 0 saturated heterocycles. The van der Waals surface area contributed by atoms with E-state index in [9.17, 15) is 13.6 Å². The van der Waals surface area contributed by atoms with E-state index >= 15 is 0 Å². The van der Waals surface area contributed by atoms with Gasteiger partial charge in [-0.1, -0.05) is 16.8 Å². The lowest BCUT2D eigenvalue weighted by atomic mass is 10.1. The summed E-state index contributed by atoms with van der Waals surface area (Å²) in [5, 5.41) is 18.2. The van der Waals surface area contributed by atoms with Gasteiger partial charge in [-0.25, -0.2) is 18.6 Å². The van der Waals surface area contributed by atoms with Crippen LogP contribution in [0, 0.1) is 11.6 Å². The van der Waals surface area contributed by atoms with E-state index in [1.807, 2.05) is 0 Å². The number of fused-ring (bicyclic) bond motifs is 1. The largest absolute Gasteiger partial charge is 0.465 e. The van der Waals surface area contributed by atoms with Crippen molar-refractivity contribution in [2.75, 3.05) is 5.32 Å². The summed E-state index contributed by atoms with van der Waals surface area (Å²) in [5.41, 5.74) is 1.42. The van der Waals surface area contributed by atoms with Gasteiger partial charge in [0.15, 0.2) is 0 Å². The second-order valence-corrected chi connectivity index (χ2v) is 5.23. The van der Waals surface area contributed by atoms with Crippen LogP contribution >= 0.6 is 11.6 Å². The number of nitrogens with one attached hydrogen (secondary N) is 1. The maximum atomic E-state index is 13.0. The molecular weight excluding hydrogens is 368 g/mol. The molecule has 134 valence electrons. The fourth-order valence-electron chi connectivity index (χ4n) is 1.94. The fraction of sp³-hybridized carbons (Fsp3) is 0. The molecule has 9 heteroatoms. The van der Waals surface area contributed by atoms with Gasteiger partial charge < -0.3 is 10.3 Å². The number of hydrogen-bond donors (Lipinski definition) is 3. The van der Waals surface area contributed by atoms with Crippen molar-refractivity contribution < 1.29 is 25.3 Å². The number of anilines is 1. The van der Waals surface area contributed by atoms with Crippen LogP contribution in [0.2, 0.25) is 6.58 Å². The number of halogens is 3. The molecule has 3 rings (SSSR count). The SMILES string of the molecule is O=C(O)Nc1ccc(F)cc1.[2H]ON=Cc1cc2cc(F)ccc2nc1Cl. The summed E-state index contributed by atoms with van der Waals surface area (Å²) < 4.78 is 31.6. The van der Waals surface area contributed by atoms with E-state index in [1.54, 1.807) is 12.1 Å². The molecule has 1 heterocycles. The first-order valence-corrected chi connectivity index (χ1v) is 7.44. The molecule has 1 amide bonds. The molecule has 0 aliphatic rings. The molecule has 3 aromatic rings. The fourth-order valence-corrected chi connectivity index (χ4v) is 2.14. The average Bonchev–Trinajstić information content (AvgIpc) is 2.62. The Morgan fingerprint density at radius 2 is 1.88 bits per heavy atom. The number of amides is 1. The average molecular weight is 381 g/mol. The van der Waals surface area contributed by atoms with Gasteiger partial charge in [0.1, 0.15) is 16.8 Å². The van der Waals surface area contributed by atoms with Crippen molar-refractivity contribution in [3.05, 3.63) is 70.9 Å². The van der Waals surface area contributed by atoms with Crippen molar-refractivity contribution in [3.8, 4) is 0 Å². The zero-order valence-corrected chi connectivity index (χ0v) is 13.7. The van der Waals surface area contributed by atoms with Crippen LogP contribution in [-0.2, 0) is 0 Å². The second-order valence-electron chi connectivity index (χ2n) is 4.88. The molecule has 0 atom stereocenters. The zero-order chi connectivity index (χ0) is 19.8. The van der Waals surface area contributed by atoms with Crippen molar-refractivity contribution in [2.24, 2.45) is 5.16 Å². The van der Waals surface area contributed by atoms with Gasteiger partial charge in [-0.2, -0.15) is 0 Å². The van der Waals surface area contributed by atoms with Crippen molar-refractivity contribution in [2.45, 2.75) is 0 Å². The van der Waals surface area contributed by atoms with Gasteiger partial charge in [0, 0.05) is 16.6 Å². The van der Waals surface area contributed by atoms with Gasteiger partial charge in [-0.3, -0.25) is 5.32 Å². The molecule has 0 aliphatic heterocycles. The molecular formula is C17H12ClF2N3O3. The molecule has 0 unspecified atom stereocenters. The minimum atomic E-state index is -1.16. The summed E-state index contributed by atoms with van der Waals surface area (Å²) >= 11 is 5.87. The minimum absolute atomic E-state index is 0.222. The third-order valence-corrected chi connectivity index (χ3v) is 3.35. The van der Waals surface area contributed by atoms with E-state index in [0.29, 0.717) is 22.2 Å². The number of hydrogen-bond acceptors (Lipinski definition) is 4. The van der Waals surface area contributed by atoms with E-state index in [0.717, 1.165) is 0 Å². The van der Waals surface area contributed by atoms with Gasteiger partial charge in [0.05, 0.1) is 11.7 Å². The molecule has 0 saturated carbocycles. The predicted molar refractivity (Wildman–Crippen MR) is 94.1 cm³/mol. The van der Waals surface area contributed by atoms with Crippen LogP contribution in [0.5, 0.6) is 0 Å². The van der Waals surface area contributed by atoms with Crippen LogP contribution in [0.3, 0.4) is 0 Å². The highest BCUT2D eigenvalue weighted by molar-refractivity contribution is 6.32. The number of aromatic nitrogens is 1. The number of pyridine rings is 1. The molecule has 0 radical (unpaired) electrons. The van der Waals surface area contributed by atoms with Gasteiger partial charge in [0.25, 0.3) is 0 Å². The summed E-state index contributed by atoms with van der Waals surface area (Å²) in [6.45, 7) is 0. The number of benzene rings is 2. The predicted octanol–water partition coefficient (Wildman–Crippen LogP) is 4.75. The van der Waals surface area contributed by atoms with Gasteiger partial charge in [0.2, 0.25) is 0 Å². The Balaban J connectivity index is 0.000000208. The highest BCUT2D eigenvalue weighted by Crippen LogP contribution is 2.20. The van der Waals surface area contributed by atoms with E-state index in [-0.39, 0.29) is 16.8 Å². The molecule has 2 aromatic carbocycles. The monoisotopic (exact) mass is 380 g/mol. The Hall–Kier alpha value is -3.26. The van der Waals surface area contributed by atoms with Crippen LogP contribution in [0.15, 0.2) is 53.7 Å². The van der Waals surface area contributed by atoms with E-state index in [1.165, 1.54) is 42.6 Å². The number of rotatable bonds is 3. The van der Waals surface area contributed by atoms with Gasteiger partial charge in [-0.15, -0.1) is 0 Å². The van der Waals surface area contributed by atoms with E-state index in [4.69, 9.17) is 18.1 Å². The Labute approximate surface area is 152 Å². The van der Waals surface area contributed by atoms with Crippen LogP contribution in [-0.4, -0.2) is 27.6 Å². The Kier molecular flexibility index (Phi) is 5.89. The Morgan fingerprint density at radius 3 is 2.54 bits per heavy atom. The molecule has 0 spiro atoms. The third kappa shape index (κ3) is 5.38. The molecule has 26 heavy (non-hydrogen) atoms. The van der Waals surface area contributed by atoms with Gasteiger partial charge >= 0.3 is 7.52 Å². The van der Waals surface area contributed by atoms with Crippen LogP contribution in [0.4, 0.5) is 19.3 Å². The number of nitrogens with zero attached hydrogens (tertiary/aromatic N) is 2. The first-order valence-electron chi connectivity index (χ1n) is 7.47. The number of carboxylic acid groups (broad SMARTS) is 1. The molecule has 3 N–H and O–H groups in total. The topological polar surface area (TPSA) is 94.8 Å². The van der Waals surface area contributed by atoms with Crippen molar-refractivity contribution in [3.63, 3.8) is 0 Å². The standard InChI is InChI=1S/C10H6ClFN2O.C7H6FNO2/c11-10-7(5-13-15)3-6-4-8(12)1-2-9(6)14-10;8-5-1-3-6(4-2-5)9-7(10)11/h1-5,15H;1-4,9H,(H,10,11)/i/hD. The number of carbonyl (C=O) groups is 1. The van der Waals surface area contributed by atoms with E-state index < -0.39 is 6.09 Å². The Morgan fingerprint density at radius 1 is 1.19 bits per heavy atom. The summed E-state index contributed by atoms with van der Waals surface area (Å²) in [5.74, 6) is -0.739. The normalized spacial score (nSPS) is 10.8.